The van der Waals surface area contributed by atoms with Crippen LogP contribution in [0.15, 0.2) is 42.5 Å². The number of nitrogens with one attached hydrogen (secondary N) is 3. The molecule has 0 atom stereocenters. The van der Waals surface area contributed by atoms with Crippen molar-refractivity contribution >= 4 is 35.4 Å². The van der Waals surface area contributed by atoms with Gasteiger partial charge in [-0.15, -0.1) is 0 Å². The van der Waals surface area contributed by atoms with Crippen LogP contribution in [0.4, 0.5) is 0 Å². The zero-order valence-corrected chi connectivity index (χ0v) is 22.2. The number of rotatable bonds is 14. The minimum absolute atomic E-state index is 0.0342. The van der Waals surface area contributed by atoms with E-state index in [9.17, 15) is 24.0 Å². The first-order valence-corrected chi connectivity index (χ1v) is 12.9. The van der Waals surface area contributed by atoms with Crippen LogP contribution in [-0.2, 0) is 14.4 Å². The second-order valence-corrected chi connectivity index (χ2v) is 9.59. The molecule has 3 rings (SSSR count). The zero-order valence-electron chi connectivity index (χ0n) is 22.2. The Morgan fingerprint density at radius 3 is 1.95 bits per heavy atom. The van der Waals surface area contributed by atoms with E-state index < -0.39 is 30.9 Å². The van der Waals surface area contributed by atoms with Gasteiger partial charge in [-0.25, -0.2) is 9.59 Å². The van der Waals surface area contributed by atoms with E-state index >= 15 is 0 Å². The average molecular weight is 569 g/mol. The monoisotopic (exact) mass is 568 g/mol. The molecule has 218 valence electrons. The molecular formula is C28H32N4O9. The second kappa shape index (κ2) is 14.4. The normalized spacial score (nSPS) is 16.2. The maximum absolute atomic E-state index is 12.7. The van der Waals surface area contributed by atoms with Gasteiger partial charge in [-0.2, -0.15) is 0 Å². The predicted molar refractivity (Wildman–Crippen MR) is 145 cm³/mol. The molecule has 0 aromatic heterocycles. The van der Waals surface area contributed by atoms with Crippen LogP contribution in [0.3, 0.4) is 0 Å². The predicted octanol–water partition coefficient (Wildman–Crippen LogP) is 1.43. The van der Waals surface area contributed by atoms with Crippen molar-refractivity contribution in [3.05, 3.63) is 59.2 Å². The van der Waals surface area contributed by atoms with Crippen molar-refractivity contribution in [3.63, 3.8) is 0 Å². The van der Waals surface area contributed by atoms with E-state index in [1.54, 1.807) is 24.3 Å². The Morgan fingerprint density at radius 1 is 0.805 bits per heavy atom. The molecule has 0 radical (unpaired) electrons. The van der Waals surface area contributed by atoms with E-state index in [1.807, 2.05) is 0 Å². The van der Waals surface area contributed by atoms with Crippen LogP contribution >= 0.6 is 0 Å². The number of nitrogen functional groups attached to an aromatic ring is 1. The molecule has 13 nitrogen and oxygen atoms in total. The Kier molecular flexibility index (Phi) is 10.8. The molecule has 0 unspecified atom stereocenters. The highest BCUT2D eigenvalue weighted by Crippen LogP contribution is 2.30. The molecule has 0 heterocycles. The quantitative estimate of drug-likeness (QED) is 0.109. The molecule has 2 aromatic rings. The van der Waals surface area contributed by atoms with Gasteiger partial charge in [-0.1, -0.05) is 12.1 Å². The third-order valence-corrected chi connectivity index (χ3v) is 6.62. The van der Waals surface area contributed by atoms with Gasteiger partial charge in [0.15, 0.2) is 30.5 Å². The molecule has 0 bridgehead atoms. The van der Waals surface area contributed by atoms with Crippen LogP contribution in [0.25, 0.3) is 0 Å². The highest BCUT2D eigenvalue weighted by atomic mass is 16.5. The maximum atomic E-state index is 12.7. The van der Waals surface area contributed by atoms with Crippen molar-refractivity contribution in [2.45, 2.75) is 25.7 Å². The fourth-order valence-corrected chi connectivity index (χ4v) is 4.38. The molecule has 41 heavy (non-hydrogen) atoms. The van der Waals surface area contributed by atoms with E-state index in [0.717, 1.165) is 12.8 Å². The fourth-order valence-electron chi connectivity index (χ4n) is 4.38. The number of carbonyl (C=O) groups is 5. The summed E-state index contributed by atoms with van der Waals surface area (Å²) in [7, 11) is 0. The third kappa shape index (κ3) is 9.34. The van der Waals surface area contributed by atoms with Crippen molar-refractivity contribution in [1.82, 2.24) is 10.6 Å². The summed E-state index contributed by atoms with van der Waals surface area (Å²) < 4.78 is 10.2. The van der Waals surface area contributed by atoms with E-state index in [4.69, 9.17) is 30.8 Å². The first-order valence-electron chi connectivity index (χ1n) is 12.9. The smallest absolute Gasteiger partial charge is 0.341 e. The molecule has 0 aliphatic heterocycles. The van der Waals surface area contributed by atoms with Gasteiger partial charge in [0.05, 0.1) is 6.54 Å². The minimum Gasteiger partial charge on any atom is -0.479 e. The number of Topliss-reactive ketones (excluding diaryl/α,β-unsaturated/α-hetero) is 1. The van der Waals surface area contributed by atoms with Crippen LogP contribution in [0.2, 0.25) is 0 Å². The number of aliphatic carboxylic acids is 2. The van der Waals surface area contributed by atoms with Crippen LogP contribution in [-0.4, -0.2) is 71.9 Å². The number of hydrogen-bond donors (Lipinski definition) is 6. The molecular weight excluding hydrogens is 536 g/mol. The summed E-state index contributed by atoms with van der Waals surface area (Å²) in [5, 5.41) is 30.6. The molecule has 1 fully saturated rings. The van der Waals surface area contributed by atoms with Crippen molar-refractivity contribution < 1.29 is 43.7 Å². The van der Waals surface area contributed by atoms with Gasteiger partial charge in [0, 0.05) is 29.2 Å². The summed E-state index contributed by atoms with van der Waals surface area (Å²) in [6, 6.07) is 10.4. The average Bonchev–Trinajstić information content (AvgIpc) is 2.96. The standard InChI is InChI=1S/C28H32N4O9/c29-26(30)17-5-7-19(8-6-17)27(38)31-12-16-1-3-18(4-2-16)28(39)32-13-21(33)20-9-10-22(40-14-24(34)35)23(11-20)41-15-25(36)37/h5-11,16,18H,1-4,12-15H2,(H3,29,30)(H,31,38)(H,32,39)(H,34,35)(H,36,37)/t16-,18-. The largest absolute Gasteiger partial charge is 0.479 e. The number of carbonyl (C=O) groups excluding carboxylic acids is 3. The Bertz CT molecular complexity index is 1300. The van der Waals surface area contributed by atoms with Crippen molar-refractivity contribution in [2.24, 2.45) is 17.6 Å². The number of nitrogens with two attached hydrogens (primary N) is 1. The Hall–Kier alpha value is -4.94. The molecule has 1 aliphatic carbocycles. The van der Waals surface area contributed by atoms with E-state index in [1.165, 1.54) is 18.2 Å². The van der Waals surface area contributed by atoms with Gasteiger partial charge < -0.3 is 36.1 Å². The Balaban J connectivity index is 1.45. The van der Waals surface area contributed by atoms with E-state index in [2.05, 4.69) is 10.6 Å². The molecule has 1 saturated carbocycles. The molecule has 0 spiro atoms. The number of carboxylic acids is 2. The number of ketones is 1. The number of carboxylic acid groups (broad SMARTS) is 2. The van der Waals surface area contributed by atoms with Crippen LogP contribution < -0.4 is 25.8 Å². The summed E-state index contributed by atoms with van der Waals surface area (Å²) in [6.07, 6.45) is 2.68. The SMILES string of the molecule is N=C(N)c1ccc(C(=O)NC[C@H]2CC[C@H](C(=O)NCC(=O)c3ccc(OCC(=O)O)c(OCC(=O)O)c3)CC2)cc1. The van der Waals surface area contributed by atoms with Crippen molar-refractivity contribution in [2.75, 3.05) is 26.3 Å². The van der Waals surface area contributed by atoms with Gasteiger partial charge >= 0.3 is 11.9 Å². The fraction of sp³-hybridized carbons (Fsp3) is 0.357. The Labute approximate surface area is 235 Å². The lowest BCUT2D eigenvalue weighted by atomic mass is 9.81. The lowest BCUT2D eigenvalue weighted by molar-refractivity contribution is -0.140. The first-order chi connectivity index (χ1) is 19.5. The van der Waals surface area contributed by atoms with Gasteiger partial charge in [0.2, 0.25) is 5.91 Å². The van der Waals surface area contributed by atoms with Gasteiger partial charge in [0.25, 0.3) is 5.91 Å². The molecule has 1 aliphatic rings. The maximum Gasteiger partial charge on any atom is 0.341 e. The van der Waals surface area contributed by atoms with Crippen LogP contribution in [0.5, 0.6) is 11.5 Å². The number of ether oxygens (including phenoxy) is 2. The lowest BCUT2D eigenvalue weighted by Crippen LogP contribution is -2.38. The highest BCUT2D eigenvalue weighted by molar-refractivity contribution is 6.00. The number of amidine groups is 1. The number of hydrogen-bond acceptors (Lipinski definition) is 8. The van der Waals surface area contributed by atoms with Crippen LogP contribution in [0.1, 0.15) is 52.0 Å². The molecule has 7 N–H and O–H groups in total. The van der Waals surface area contributed by atoms with Crippen LogP contribution in [0, 0.1) is 17.2 Å². The number of benzene rings is 2. The van der Waals surface area contributed by atoms with E-state index in [-0.39, 0.29) is 53.1 Å². The highest BCUT2D eigenvalue weighted by Gasteiger charge is 2.27. The van der Waals surface area contributed by atoms with Gasteiger partial charge in [-0.3, -0.25) is 19.8 Å². The van der Waals surface area contributed by atoms with E-state index in [0.29, 0.717) is 30.5 Å². The summed E-state index contributed by atoms with van der Waals surface area (Å²) >= 11 is 0. The number of amides is 2. The third-order valence-electron chi connectivity index (χ3n) is 6.62. The topological polar surface area (TPSA) is 218 Å². The lowest BCUT2D eigenvalue weighted by Gasteiger charge is -2.27. The zero-order chi connectivity index (χ0) is 29.9. The Morgan fingerprint density at radius 2 is 1.37 bits per heavy atom. The molecule has 0 saturated heterocycles. The van der Waals surface area contributed by atoms with Gasteiger partial charge in [-0.05, 0) is 61.9 Å². The summed E-state index contributed by atoms with van der Waals surface area (Å²) in [5.41, 5.74) is 6.57. The summed E-state index contributed by atoms with van der Waals surface area (Å²) in [5.74, 6) is -3.70. The molecule has 2 amide bonds. The summed E-state index contributed by atoms with van der Waals surface area (Å²) in [6.45, 7) is -1.22. The van der Waals surface area contributed by atoms with Crippen molar-refractivity contribution in [3.8, 4) is 11.5 Å². The van der Waals surface area contributed by atoms with Gasteiger partial charge in [0.1, 0.15) is 5.84 Å². The molecule has 2 aromatic carbocycles. The van der Waals surface area contributed by atoms with Crippen molar-refractivity contribution in [1.29, 1.82) is 5.41 Å². The molecule has 13 heteroatoms. The second-order valence-electron chi connectivity index (χ2n) is 9.59. The minimum atomic E-state index is -1.27. The summed E-state index contributed by atoms with van der Waals surface area (Å²) in [4.78, 5) is 59.5. The first kappa shape index (κ1) is 30.6.